The van der Waals surface area contributed by atoms with Crippen LogP contribution in [0.4, 0.5) is 0 Å². The van der Waals surface area contributed by atoms with E-state index in [1.54, 1.807) is 7.11 Å². The maximum absolute atomic E-state index is 5.09. The first-order valence-electron chi connectivity index (χ1n) is 3.45. The number of rotatable bonds is 2. The fraction of sp³-hybridized carbons (Fsp3) is 0.200. The lowest BCUT2D eigenvalue weighted by Gasteiger charge is -2.03. The minimum Gasteiger partial charge on any atom is -0.496 e. The van der Waals surface area contributed by atoms with Crippen LogP contribution in [0.25, 0.3) is 0 Å². The summed E-state index contributed by atoms with van der Waals surface area (Å²) in [5, 5.41) is 0. The van der Waals surface area contributed by atoms with Crippen LogP contribution >= 0.6 is 0 Å². The average molecular weight is 147 g/mol. The molecule has 11 heavy (non-hydrogen) atoms. The molecule has 0 bridgehead atoms. The summed E-state index contributed by atoms with van der Waals surface area (Å²) in [6.45, 7) is 5.60. The number of hydrogen-bond acceptors (Lipinski definition) is 1. The monoisotopic (exact) mass is 147 g/mol. The van der Waals surface area contributed by atoms with Gasteiger partial charge in [-0.3, -0.25) is 0 Å². The molecule has 0 N–H and O–H groups in total. The van der Waals surface area contributed by atoms with Crippen LogP contribution in [0.3, 0.4) is 0 Å². The molecule has 0 aliphatic rings. The van der Waals surface area contributed by atoms with E-state index in [2.05, 4.69) is 12.7 Å². The van der Waals surface area contributed by atoms with Gasteiger partial charge in [0.05, 0.1) is 7.11 Å². The van der Waals surface area contributed by atoms with Gasteiger partial charge in [0.2, 0.25) is 0 Å². The summed E-state index contributed by atoms with van der Waals surface area (Å²) in [6.07, 6.45) is 2.81. The third-order valence-electron chi connectivity index (χ3n) is 1.55. The van der Waals surface area contributed by atoms with Gasteiger partial charge in [-0.15, -0.1) is 0 Å². The molecule has 1 nitrogen and oxygen atoms in total. The molecular formula is C10H11O. The lowest BCUT2D eigenvalue weighted by Crippen LogP contribution is -1.87. The van der Waals surface area contributed by atoms with Gasteiger partial charge in [0.15, 0.2) is 0 Å². The Morgan fingerprint density at radius 3 is 2.73 bits per heavy atom. The van der Waals surface area contributed by atoms with E-state index in [0.717, 1.165) is 11.3 Å². The van der Waals surface area contributed by atoms with Crippen molar-refractivity contribution in [2.45, 2.75) is 6.92 Å². The Bertz CT molecular complexity index is 264. The molecule has 0 aliphatic heterocycles. The zero-order valence-corrected chi connectivity index (χ0v) is 6.85. The van der Waals surface area contributed by atoms with Crippen molar-refractivity contribution < 1.29 is 4.74 Å². The first-order chi connectivity index (χ1) is 5.27. The standard InChI is InChI=1S/C10H11O/c1-4-9-7-8(2)5-6-10(9)11-3/h5-7H,1H2,2-3H3. The first-order valence-corrected chi connectivity index (χ1v) is 3.45. The molecule has 1 aromatic rings. The summed E-state index contributed by atoms with van der Waals surface area (Å²) in [7, 11) is 1.64. The smallest absolute Gasteiger partial charge is 0.126 e. The summed E-state index contributed by atoms with van der Waals surface area (Å²) in [5.41, 5.74) is 2.12. The highest BCUT2D eigenvalue weighted by Crippen LogP contribution is 2.18. The van der Waals surface area contributed by atoms with E-state index in [-0.39, 0.29) is 0 Å². The highest BCUT2D eigenvalue weighted by atomic mass is 16.5. The van der Waals surface area contributed by atoms with Gasteiger partial charge >= 0.3 is 0 Å². The Labute approximate surface area is 67.3 Å². The van der Waals surface area contributed by atoms with Crippen molar-refractivity contribution in [2.75, 3.05) is 7.11 Å². The summed E-state index contributed by atoms with van der Waals surface area (Å²) in [6, 6.07) is 5.91. The Kier molecular flexibility index (Phi) is 2.32. The molecule has 0 aromatic heterocycles. The highest BCUT2D eigenvalue weighted by Gasteiger charge is 1.97. The lowest BCUT2D eigenvalue weighted by atomic mass is 10.1. The maximum atomic E-state index is 5.09. The van der Waals surface area contributed by atoms with Crippen LogP contribution in [0.5, 0.6) is 5.75 Å². The molecule has 1 radical (unpaired) electrons. The Morgan fingerprint density at radius 2 is 2.18 bits per heavy atom. The zero-order valence-electron chi connectivity index (χ0n) is 6.85. The normalized spacial score (nSPS) is 9.27. The summed E-state index contributed by atoms with van der Waals surface area (Å²) < 4.78 is 5.09. The van der Waals surface area contributed by atoms with Crippen molar-refractivity contribution in [2.24, 2.45) is 0 Å². The van der Waals surface area contributed by atoms with Crippen LogP contribution in [0.1, 0.15) is 11.1 Å². The van der Waals surface area contributed by atoms with Gasteiger partial charge in [-0.25, -0.2) is 0 Å². The molecule has 0 unspecified atom stereocenters. The molecule has 0 spiro atoms. The topological polar surface area (TPSA) is 9.23 Å². The second-order valence-electron chi connectivity index (χ2n) is 2.38. The van der Waals surface area contributed by atoms with Crippen molar-refractivity contribution in [1.29, 1.82) is 0 Å². The average Bonchev–Trinajstić information content (AvgIpc) is 2.04. The first kappa shape index (κ1) is 7.86. The van der Waals surface area contributed by atoms with E-state index in [9.17, 15) is 0 Å². The molecule has 1 rings (SSSR count). The van der Waals surface area contributed by atoms with Crippen LogP contribution in [0.2, 0.25) is 0 Å². The predicted molar refractivity (Wildman–Crippen MR) is 45.7 cm³/mol. The van der Waals surface area contributed by atoms with Crippen LogP contribution in [-0.2, 0) is 0 Å². The quantitative estimate of drug-likeness (QED) is 0.624. The largest absolute Gasteiger partial charge is 0.496 e. The molecular weight excluding hydrogens is 136 g/mol. The minimum absolute atomic E-state index is 0.825. The number of hydrogen-bond donors (Lipinski definition) is 0. The summed E-state index contributed by atoms with van der Waals surface area (Å²) >= 11 is 0. The van der Waals surface area contributed by atoms with Gasteiger partial charge < -0.3 is 4.74 Å². The number of methoxy groups -OCH3 is 1. The van der Waals surface area contributed by atoms with Crippen LogP contribution in [0.15, 0.2) is 24.8 Å². The van der Waals surface area contributed by atoms with Gasteiger partial charge in [-0.2, -0.15) is 0 Å². The van der Waals surface area contributed by atoms with Crippen molar-refractivity contribution in [3.63, 3.8) is 0 Å². The Balaban J connectivity index is 3.16. The molecule has 57 valence electrons. The maximum Gasteiger partial charge on any atom is 0.126 e. The van der Waals surface area contributed by atoms with E-state index in [1.807, 2.05) is 25.1 Å². The Morgan fingerprint density at radius 1 is 1.45 bits per heavy atom. The molecule has 1 heteroatoms. The van der Waals surface area contributed by atoms with Gasteiger partial charge in [0, 0.05) is 5.56 Å². The van der Waals surface area contributed by atoms with Crippen LogP contribution < -0.4 is 4.74 Å². The number of ether oxygens (including phenoxy) is 1. The SMILES string of the molecule is C=[C]c1cc(C)ccc1OC. The van der Waals surface area contributed by atoms with Gasteiger partial charge in [0.1, 0.15) is 5.75 Å². The second-order valence-corrected chi connectivity index (χ2v) is 2.38. The molecule has 0 saturated heterocycles. The lowest BCUT2D eigenvalue weighted by molar-refractivity contribution is 0.413. The van der Waals surface area contributed by atoms with Crippen molar-refractivity contribution in [1.82, 2.24) is 0 Å². The molecule has 0 amide bonds. The van der Waals surface area contributed by atoms with Crippen molar-refractivity contribution >= 4 is 0 Å². The fourth-order valence-electron chi connectivity index (χ4n) is 0.960. The number of benzene rings is 1. The van der Waals surface area contributed by atoms with E-state index < -0.39 is 0 Å². The van der Waals surface area contributed by atoms with E-state index in [4.69, 9.17) is 4.74 Å². The van der Waals surface area contributed by atoms with Crippen LogP contribution in [-0.4, -0.2) is 7.11 Å². The highest BCUT2D eigenvalue weighted by molar-refractivity contribution is 5.40. The van der Waals surface area contributed by atoms with Gasteiger partial charge in [-0.05, 0) is 25.1 Å². The van der Waals surface area contributed by atoms with Crippen molar-refractivity contribution in [3.8, 4) is 5.75 Å². The fourth-order valence-corrected chi connectivity index (χ4v) is 0.960. The van der Waals surface area contributed by atoms with E-state index in [0.29, 0.717) is 0 Å². The molecule has 1 aromatic carbocycles. The summed E-state index contributed by atoms with van der Waals surface area (Å²) in [5.74, 6) is 0.825. The minimum atomic E-state index is 0.825. The molecule has 0 heterocycles. The Hall–Kier alpha value is -1.24. The molecule has 0 aliphatic carbocycles. The molecule has 0 fully saturated rings. The van der Waals surface area contributed by atoms with E-state index in [1.165, 1.54) is 5.56 Å². The zero-order chi connectivity index (χ0) is 8.27. The molecule has 0 saturated carbocycles. The summed E-state index contributed by atoms with van der Waals surface area (Å²) in [4.78, 5) is 0. The molecule has 0 atom stereocenters. The predicted octanol–water partition coefficient (Wildman–Crippen LogP) is 2.34. The van der Waals surface area contributed by atoms with Gasteiger partial charge in [0.25, 0.3) is 0 Å². The van der Waals surface area contributed by atoms with E-state index >= 15 is 0 Å². The van der Waals surface area contributed by atoms with Gasteiger partial charge in [-0.1, -0.05) is 18.2 Å². The van der Waals surface area contributed by atoms with Crippen molar-refractivity contribution in [3.05, 3.63) is 42.0 Å². The second kappa shape index (κ2) is 3.24. The number of aryl methyl sites for hydroxylation is 1. The third kappa shape index (κ3) is 1.61. The van der Waals surface area contributed by atoms with Crippen LogP contribution in [0, 0.1) is 13.0 Å². The third-order valence-corrected chi connectivity index (χ3v) is 1.55.